The van der Waals surface area contributed by atoms with Crippen molar-refractivity contribution >= 4 is 23.2 Å². The van der Waals surface area contributed by atoms with E-state index in [9.17, 15) is 9.59 Å². The van der Waals surface area contributed by atoms with Crippen molar-refractivity contribution in [2.45, 2.75) is 13.5 Å². The van der Waals surface area contributed by atoms with Gasteiger partial charge in [-0.3, -0.25) is 14.3 Å². The van der Waals surface area contributed by atoms with Crippen molar-refractivity contribution < 1.29 is 9.59 Å². The van der Waals surface area contributed by atoms with Gasteiger partial charge in [-0.25, -0.2) is 0 Å². The van der Waals surface area contributed by atoms with Crippen LogP contribution in [0.25, 0.3) is 0 Å². The topological polar surface area (TPSA) is 102 Å². The molecule has 0 aliphatic rings. The number of nitrogen functional groups attached to an aromatic ring is 1. The van der Waals surface area contributed by atoms with Crippen molar-refractivity contribution in [1.82, 2.24) is 15.1 Å². The Morgan fingerprint density at radius 1 is 1.24 bits per heavy atom. The van der Waals surface area contributed by atoms with Crippen LogP contribution in [-0.2, 0) is 6.54 Å². The SMILES string of the molecule is CCn1ncc(N)c1C(=O)Nc1ccc(C(=O)NC)cc1. The summed E-state index contributed by atoms with van der Waals surface area (Å²) in [6, 6.07) is 6.58. The summed E-state index contributed by atoms with van der Waals surface area (Å²) in [4.78, 5) is 23.7. The second-order valence-electron chi connectivity index (χ2n) is 4.37. The van der Waals surface area contributed by atoms with Gasteiger partial charge < -0.3 is 16.4 Å². The number of carbonyl (C=O) groups is 2. The number of nitrogens with zero attached hydrogens (tertiary/aromatic N) is 2. The van der Waals surface area contributed by atoms with Gasteiger partial charge in [-0.05, 0) is 31.2 Å². The number of nitrogens with one attached hydrogen (secondary N) is 2. The molecule has 0 atom stereocenters. The number of carbonyl (C=O) groups excluding carboxylic acids is 2. The van der Waals surface area contributed by atoms with Crippen LogP contribution in [-0.4, -0.2) is 28.6 Å². The first-order valence-electron chi connectivity index (χ1n) is 6.51. The molecule has 0 fully saturated rings. The number of benzene rings is 1. The van der Waals surface area contributed by atoms with Crippen molar-refractivity contribution in [2.24, 2.45) is 0 Å². The quantitative estimate of drug-likeness (QED) is 0.783. The third-order valence-corrected chi connectivity index (χ3v) is 3.01. The highest BCUT2D eigenvalue weighted by Crippen LogP contribution is 2.15. The minimum absolute atomic E-state index is 0.179. The standard InChI is InChI=1S/C14H17N5O2/c1-3-19-12(11(15)8-17-19)14(21)18-10-6-4-9(5-7-10)13(20)16-2/h4-8H,3,15H2,1-2H3,(H,16,20)(H,18,21). The Labute approximate surface area is 122 Å². The number of hydrogen-bond acceptors (Lipinski definition) is 4. The number of nitrogens with two attached hydrogens (primary N) is 1. The highest BCUT2D eigenvalue weighted by molar-refractivity contribution is 6.06. The van der Waals surface area contributed by atoms with Crippen LogP contribution in [0.2, 0.25) is 0 Å². The summed E-state index contributed by atoms with van der Waals surface area (Å²) < 4.78 is 1.53. The molecule has 0 saturated carbocycles. The molecule has 4 N–H and O–H groups in total. The third-order valence-electron chi connectivity index (χ3n) is 3.01. The van der Waals surface area contributed by atoms with Crippen LogP contribution in [0.1, 0.15) is 27.8 Å². The monoisotopic (exact) mass is 287 g/mol. The van der Waals surface area contributed by atoms with Gasteiger partial charge in [0.25, 0.3) is 11.8 Å². The number of anilines is 2. The molecule has 7 heteroatoms. The van der Waals surface area contributed by atoms with E-state index in [0.717, 1.165) is 0 Å². The van der Waals surface area contributed by atoms with Crippen LogP contribution in [0.5, 0.6) is 0 Å². The molecule has 0 aliphatic heterocycles. The lowest BCUT2D eigenvalue weighted by molar-refractivity contribution is 0.0962. The second kappa shape index (κ2) is 6.08. The predicted octanol–water partition coefficient (Wildman–Crippen LogP) is 1.10. The minimum atomic E-state index is -0.334. The van der Waals surface area contributed by atoms with E-state index in [1.807, 2.05) is 6.92 Å². The molecular formula is C14H17N5O2. The van der Waals surface area contributed by atoms with Gasteiger partial charge in [-0.15, -0.1) is 0 Å². The van der Waals surface area contributed by atoms with E-state index in [2.05, 4.69) is 15.7 Å². The Bertz CT molecular complexity index is 661. The lowest BCUT2D eigenvalue weighted by Crippen LogP contribution is -2.19. The first kappa shape index (κ1) is 14.6. The van der Waals surface area contributed by atoms with E-state index in [0.29, 0.717) is 29.2 Å². The molecule has 2 rings (SSSR count). The fraction of sp³-hybridized carbons (Fsp3) is 0.214. The fourth-order valence-electron chi connectivity index (χ4n) is 1.93. The van der Waals surface area contributed by atoms with Crippen LogP contribution in [0.15, 0.2) is 30.5 Å². The summed E-state index contributed by atoms with van der Waals surface area (Å²) >= 11 is 0. The molecule has 110 valence electrons. The molecule has 0 unspecified atom stereocenters. The van der Waals surface area contributed by atoms with Crippen molar-refractivity contribution in [2.75, 3.05) is 18.1 Å². The lowest BCUT2D eigenvalue weighted by atomic mass is 10.2. The lowest BCUT2D eigenvalue weighted by Gasteiger charge is -2.08. The zero-order valence-electron chi connectivity index (χ0n) is 11.9. The molecule has 2 amide bonds. The maximum absolute atomic E-state index is 12.2. The average molecular weight is 287 g/mol. The number of aryl methyl sites for hydroxylation is 1. The van der Waals surface area contributed by atoms with Crippen molar-refractivity contribution in [3.05, 3.63) is 41.7 Å². The molecule has 21 heavy (non-hydrogen) atoms. The molecule has 1 aromatic heterocycles. The second-order valence-corrected chi connectivity index (χ2v) is 4.37. The molecular weight excluding hydrogens is 270 g/mol. The van der Waals surface area contributed by atoms with E-state index in [4.69, 9.17) is 5.73 Å². The number of amides is 2. The maximum atomic E-state index is 12.2. The largest absolute Gasteiger partial charge is 0.396 e. The Hall–Kier alpha value is -2.83. The van der Waals surface area contributed by atoms with Gasteiger partial charge in [0, 0.05) is 24.8 Å². The summed E-state index contributed by atoms with van der Waals surface area (Å²) in [5.74, 6) is -0.513. The molecule has 0 bridgehead atoms. The molecule has 0 spiro atoms. The van der Waals surface area contributed by atoms with Crippen LogP contribution < -0.4 is 16.4 Å². The maximum Gasteiger partial charge on any atom is 0.276 e. The Balaban J connectivity index is 2.16. The zero-order chi connectivity index (χ0) is 15.4. The molecule has 0 radical (unpaired) electrons. The van der Waals surface area contributed by atoms with Crippen LogP contribution in [0.4, 0.5) is 11.4 Å². The van der Waals surface area contributed by atoms with Crippen molar-refractivity contribution in [1.29, 1.82) is 0 Å². The third kappa shape index (κ3) is 3.02. The molecule has 0 aliphatic carbocycles. The van der Waals surface area contributed by atoms with Crippen LogP contribution >= 0.6 is 0 Å². The van der Waals surface area contributed by atoms with Gasteiger partial charge in [0.05, 0.1) is 11.9 Å². The summed E-state index contributed by atoms with van der Waals surface area (Å²) in [6.07, 6.45) is 1.45. The van der Waals surface area contributed by atoms with Crippen LogP contribution in [0.3, 0.4) is 0 Å². The molecule has 7 nitrogen and oxygen atoms in total. The van der Waals surface area contributed by atoms with Gasteiger partial charge in [-0.2, -0.15) is 5.10 Å². The van der Waals surface area contributed by atoms with Gasteiger partial charge in [-0.1, -0.05) is 0 Å². The highest BCUT2D eigenvalue weighted by atomic mass is 16.2. The molecule has 1 heterocycles. The first-order valence-corrected chi connectivity index (χ1v) is 6.51. The van der Waals surface area contributed by atoms with E-state index < -0.39 is 0 Å². The molecule has 2 aromatic rings. The molecule has 0 saturated heterocycles. The summed E-state index contributed by atoms with van der Waals surface area (Å²) in [5.41, 5.74) is 7.51. The summed E-state index contributed by atoms with van der Waals surface area (Å²) in [6.45, 7) is 2.43. The minimum Gasteiger partial charge on any atom is -0.396 e. The normalized spacial score (nSPS) is 10.2. The summed E-state index contributed by atoms with van der Waals surface area (Å²) in [5, 5.41) is 9.29. The summed E-state index contributed by atoms with van der Waals surface area (Å²) in [7, 11) is 1.56. The van der Waals surface area contributed by atoms with E-state index in [1.54, 1.807) is 31.3 Å². The van der Waals surface area contributed by atoms with E-state index in [1.165, 1.54) is 10.9 Å². The van der Waals surface area contributed by atoms with Gasteiger partial charge in [0.15, 0.2) is 0 Å². The smallest absolute Gasteiger partial charge is 0.276 e. The van der Waals surface area contributed by atoms with Crippen LogP contribution in [0, 0.1) is 0 Å². The fourth-order valence-corrected chi connectivity index (χ4v) is 1.93. The number of aromatic nitrogens is 2. The van der Waals surface area contributed by atoms with Gasteiger partial charge >= 0.3 is 0 Å². The van der Waals surface area contributed by atoms with E-state index >= 15 is 0 Å². The van der Waals surface area contributed by atoms with Gasteiger partial charge in [0.2, 0.25) is 0 Å². The Kier molecular flexibility index (Phi) is 4.22. The highest BCUT2D eigenvalue weighted by Gasteiger charge is 2.16. The number of hydrogen-bond donors (Lipinski definition) is 3. The Morgan fingerprint density at radius 3 is 2.48 bits per heavy atom. The Morgan fingerprint density at radius 2 is 1.90 bits per heavy atom. The average Bonchev–Trinajstić information content (AvgIpc) is 2.88. The first-order chi connectivity index (χ1) is 10.1. The van der Waals surface area contributed by atoms with E-state index in [-0.39, 0.29) is 11.8 Å². The van der Waals surface area contributed by atoms with Crippen molar-refractivity contribution in [3.63, 3.8) is 0 Å². The predicted molar refractivity (Wildman–Crippen MR) is 80.1 cm³/mol. The number of rotatable bonds is 4. The molecule has 1 aromatic carbocycles. The van der Waals surface area contributed by atoms with Crippen molar-refractivity contribution in [3.8, 4) is 0 Å². The van der Waals surface area contributed by atoms with Gasteiger partial charge in [0.1, 0.15) is 5.69 Å². The zero-order valence-corrected chi connectivity index (χ0v) is 11.9.